The van der Waals surface area contributed by atoms with Crippen molar-refractivity contribution in [3.63, 3.8) is 0 Å². The van der Waals surface area contributed by atoms with Gasteiger partial charge in [-0.25, -0.2) is 5.43 Å². The molecule has 2 aromatic carbocycles. The van der Waals surface area contributed by atoms with E-state index >= 15 is 0 Å². The second-order valence-corrected chi connectivity index (χ2v) is 4.88. The third-order valence-electron chi connectivity index (χ3n) is 2.78. The zero-order valence-corrected chi connectivity index (χ0v) is 12.2. The lowest BCUT2D eigenvalue weighted by molar-refractivity contribution is -0.384. The van der Waals surface area contributed by atoms with E-state index in [1.807, 2.05) is 0 Å². The summed E-state index contributed by atoms with van der Waals surface area (Å²) < 4.78 is 0. The molecule has 0 aromatic heterocycles. The van der Waals surface area contributed by atoms with Crippen LogP contribution in [0.3, 0.4) is 0 Å². The van der Waals surface area contributed by atoms with Crippen molar-refractivity contribution in [1.82, 2.24) is 5.43 Å². The molecule has 22 heavy (non-hydrogen) atoms. The molecule has 1 N–H and O–H groups in total. The molecular formula is C15H12ClN3O3. The van der Waals surface area contributed by atoms with Crippen LogP contribution in [0, 0.1) is 10.1 Å². The van der Waals surface area contributed by atoms with Crippen LogP contribution in [0.1, 0.15) is 11.1 Å². The average molecular weight is 318 g/mol. The quantitative estimate of drug-likeness (QED) is 0.522. The molecule has 6 nitrogen and oxygen atoms in total. The fourth-order valence-electron chi connectivity index (χ4n) is 1.69. The zero-order valence-electron chi connectivity index (χ0n) is 11.4. The van der Waals surface area contributed by atoms with Crippen LogP contribution >= 0.6 is 11.6 Å². The van der Waals surface area contributed by atoms with Crippen LogP contribution in [0.4, 0.5) is 5.69 Å². The van der Waals surface area contributed by atoms with Crippen molar-refractivity contribution in [3.05, 3.63) is 74.8 Å². The summed E-state index contributed by atoms with van der Waals surface area (Å²) in [5.74, 6) is -0.263. The molecule has 2 aromatic rings. The molecule has 0 unspecified atom stereocenters. The first-order valence-electron chi connectivity index (χ1n) is 6.35. The molecule has 0 radical (unpaired) electrons. The van der Waals surface area contributed by atoms with E-state index in [2.05, 4.69) is 10.5 Å². The van der Waals surface area contributed by atoms with Crippen LogP contribution in [0.5, 0.6) is 0 Å². The van der Waals surface area contributed by atoms with E-state index in [9.17, 15) is 14.9 Å². The molecule has 1 amide bonds. The Labute approximate surface area is 131 Å². The van der Waals surface area contributed by atoms with Crippen LogP contribution in [-0.2, 0) is 11.2 Å². The highest BCUT2D eigenvalue weighted by Gasteiger charge is 2.03. The predicted molar refractivity (Wildman–Crippen MR) is 84.0 cm³/mol. The second-order valence-electron chi connectivity index (χ2n) is 4.45. The average Bonchev–Trinajstić information content (AvgIpc) is 2.50. The van der Waals surface area contributed by atoms with E-state index in [4.69, 9.17) is 11.6 Å². The lowest BCUT2D eigenvalue weighted by Crippen LogP contribution is -2.19. The normalized spacial score (nSPS) is 10.6. The van der Waals surface area contributed by atoms with Gasteiger partial charge in [-0.05, 0) is 35.4 Å². The maximum absolute atomic E-state index is 11.7. The highest BCUT2D eigenvalue weighted by atomic mass is 35.5. The zero-order chi connectivity index (χ0) is 15.9. The Morgan fingerprint density at radius 3 is 2.41 bits per heavy atom. The van der Waals surface area contributed by atoms with Gasteiger partial charge in [-0.15, -0.1) is 0 Å². The minimum Gasteiger partial charge on any atom is -0.273 e. The third kappa shape index (κ3) is 4.68. The van der Waals surface area contributed by atoms with Gasteiger partial charge in [-0.2, -0.15) is 5.10 Å². The molecule has 2 rings (SSSR count). The molecule has 0 heterocycles. The first kappa shape index (κ1) is 15.7. The summed E-state index contributed by atoms with van der Waals surface area (Å²) in [6, 6.07) is 12.8. The maximum atomic E-state index is 11.7. The first-order valence-corrected chi connectivity index (χ1v) is 6.73. The monoisotopic (exact) mass is 317 g/mol. The summed E-state index contributed by atoms with van der Waals surface area (Å²) in [6.07, 6.45) is 1.61. The minimum atomic E-state index is -0.477. The second kappa shape index (κ2) is 7.33. The van der Waals surface area contributed by atoms with Crippen LogP contribution in [0.2, 0.25) is 5.02 Å². The number of nitrogens with zero attached hydrogens (tertiary/aromatic N) is 2. The topological polar surface area (TPSA) is 84.6 Å². The number of nitro groups is 1. The molecule has 112 valence electrons. The van der Waals surface area contributed by atoms with Gasteiger partial charge in [0.25, 0.3) is 5.69 Å². The standard InChI is InChI=1S/C15H12ClN3O3/c16-13-5-1-11(2-6-13)9-15(20)18-17-10-12-3-7-14(8-4-12)19(21)22/h1-8,10H,9H2,(H,18,20)/b17-10-. The van der Waals surface area contributed by atoms with E-state index in [1.165, 1.54) is 18.3 Å². The van der Waals surface area contributed by atoms with Gasteiger partial charge in [-0.3, -0.25) is 14.9 Å². The molecular weight excluding hydrogens is 306 g/mol. The Bertz CT molecular complexity index is 697. The number of non-ortho nitro benzene ring substituents is 1. The Kier molecular flexibility index (Phi) is 5.21. The summed E-state index contributed by atoms with van der Waals surface area (Å²) in [5, 5.41) is 14.9. The van der Waals surface area contributed by atoms with Crippen LogP contribution in [0.25, 0.3) is 0 Å². The number of carbonyl (C=O) groups is 1. The van der Waals surface area contributed by atoms with Crippen molar-refractivity contribution in [1.29, 1.82) is 0 Å². The number of benzene rings is 2. The molecule has 0 aliphatic heterocycles. The SMILES string of the molecule is O=C(Cc1ccc(Cl)cc1)N/N=C\c1ccc([N+](=O)[O-])cc1. The van der Waals surface area contributed by atoms with Gasteiger partial charge >= 0.3 is 0 Å². The van der Waals surface area contributed by atoms with Crippen LogP contribution in [-0.4, -0.2) is 17.0 Å². The van der Waals surface area contributed by atoms with E-state index in [0.717, 1.165) is 5.56 Å². The van der Waals surface area contributed by atoms with Gasteiger partial charge in [0.1, 0.15) is 0 Å². The highest BCUT2D eigenvalue weighted by Crippen LogP contribution is 2.11. The molecule has 0 spiro atoms. The first-order chi connectivity index (χ1) is 10.5. The van der Waals surface area contributed by atoms with Crippen molar-refractivity contribution in [2.45, 2.75) is 6.42 Å². The minimum absolute atomic E-state index is 0.00363. The molecule has 0 bridgehead atoms. The van der Waals surface area contributed by atoms with Crippen molar-refractivity contribution >= 4 is 29.4 Å². The van der Waals surface area contributed by atoms with E-state index in [-0.39, 0.29) is 18.0 Å². The van der Waals surface area contributed by atoms with Crippen molar-refractivity contribution in [3.8, 4) is 0 Å². The van der Waals surface area contributed by atoms with E-state index in [1.54, 1.807) is 36.4 Å². The number of halogens is 1. The number of rotatable bonds is 5. The van der Waals surface area contributed by atoms with Crippen LogP contribution in [0.15, 0.2) is 53.6 Å². The molecule has 0 atom stereocenters. The summed E-state index contributed by atoms with van der Waals surface area (Å²) >= 11 is 5.76. The summed E-state index contributed by atoms with van der Waals surface area (Å²) in [7, 11) is 0. The summed E-state index contributed by atoms with van der Waals surface area (Å²) in [4.78, 5) is 21.7. The molecule has 0 fully saturated rings. The van der Waals surface area contributed by atoms with Gasteiger partial charge in [0.15, 0.2) is 0 Å². The lowest BCUT2D eigenvalue weighted by Gasteiger charge is -2.00. The number of hydrogen-bond donors (Lipinski definition) is 1. The molecule has 7 heteroatoms. The number of nitro benzene ring substituents is 1. The van der Waals surface area contributed by atoms with Gasteiger partial charge in [-0.1, -0.05) is 23.7 Å². The summed E-state index contributed by atoms with van der Waals surface area (Å²) in [5.41, 5.74) is 3.88. The predicted octanol–water partition coefficient (Wildman–Crippen LogP) is 2.94. The number of hydrazone groups is 1. The van der Waals surface area contributed by atoms with Gasteiger partial charge in [0.2, 0.25) is 5.91 Å². The molecule has 0 aliphatic carbocycles. The Morgan fingerprint density at radius 1 is 1.18 bits per heavy atom. The number of carbonyl (C=O) groups excluding carboxylic acids is 1. The van der Waals surface area contributed by atoms with Gasteiger partial charge in [0, 0.05) is 17.2 Å². The van der Waals surface area contributed by atoms with E-state index < -0.39 is 4.92 Å². The number of hydrogen-bond acceptors (Lipinski definition) is 4. The molecule has 0 saturated carbocycles. The Balaban J connectivity index is 1.87. The van der Waals surface area contributed by atoms with Gasteiger partial charge < -0.3 is 0 Å². The molecule has 0 saturated heterocycles. The fraction of sp³-hybridized carbons (Fsp3) is 0.0667. The summed E-state index contributed by atoms with van der Waals surface area (Å²) in [6.45, 7) is 0. The van der Waals surface area contributed by atoms with E-state index in [0.29, 0.717) is 10.6 Å². The fourth-order valence-corrected chi connectivity index (χ4v) is 1.81. The number of amides is 1. The third-order valence-corrected chi connectivity index (χ3v) is 3.04. The van der Waals surface area contributed by atoms with Crippen LogP contribution < -0.4 is 5.43 Å². The Hall–Kier alpha value is -2.73. The van der Waals surface area contributed by atoms with Crippen molar-refractivity contribution < 1.29 is 9.72 Å². The lowest BCUT2D eigenvalue weighted by atomic mass is 10.1. The maximum Gasteiger partial charge on any atom is 0.269 e. The smallest absolute Gasteiger partial charge is 0.269 e. The molecule has 0 aliphatic rings. The van der Waals surface area contributed by atoms with Crippen molar-refractivity contribution in [2.24, 2.45) is 5.10 Å². The van der Waals surface area contributed by atoms with Gasteiger partial charge in [0.05, 0.1) is 17.6 Å². The number of nitrogens with one attached hydrogen (secondary N) is 1. The highest BCUT2D eigenvalue weighted by molar-refractivity contribution is 6.30. The van der Waals surface area contributed by atoms with Crippen molar-refractivity contribution in [2.75, 3.05) is 0 Å². The largest absolute Gasteiger partial charge is 0.273 e. The Morgan fingerprint density at radius 2 is 1.82 bits per heavy atom.